The monoisotopic (exact) mass is 298 g/mol. The molecule has 0 heterocycles. The molecule has 1 aliphatic rings. The summed E-state index contributed by atoms with van der Waals surface area (Å²) in [7, 11) is 0. The fraction of sp³-hybridized carbons (Fsp3) is 0.429. The molecule has 0 aromatic heterocycles. The Hall–Kier alpha value is -2.18. The Bertz CT molecular complexity index is 547. The van der Waals surface area contributed by atoms with Gasteiger partial charge in [-0.15, -0.1) is 0 Å². The molecule has 1 aromatic carbocycles. The summed E-state index contributed by atoms with van der Waals surface area (Å²) in [6, 6.07) is 3.10. The molecule has 2 rings (SSSR count). The Balaban J connectivity index is 1.89. The fourth-order valence-corrected chi connectivity index (χ4v) is 1.98. The Morgan fingerprint density at radius 1 is 1.29 bits per heavy atom. The van der Waals surface area contributed by atoms with Crippen molar-refractivity contribution in [3.05, 3.63) is 35.4 Å². The number of rotatable bonds is 6. The molecule has 114 valence electrons. The van der Waals surface area contributed by atoms with E-state index in [1.54, 1.807) is 0 Å². The molecule has 2 N–H and O–H groups in total. The number of carboxylic acid groups (broad SMARTS) is 1. The number of carboxylic acids is 1. The van der Waals surface area contributed by atoms with E-state index in [0.29, 0.717) is 5.56 Å². The van der Waals surface area contributed by atoms with Crippen molar-refractivity contribution in [2.24, 2.45) is 0 Å². The van der Waals surface area contributed by atoms with Crippen LogP contribution >= 0.6 is 0 Å². The Morgan fingerprint density at radius 2 is 2.00 bits per heavy atom. The molecule has 0 atom stereocenters. The number of benzene rings is 1. The van der Waals surface area contributed by atoms with Gasteiger partial charge in [-0.05, 0) is 30.5 Å². The molecule has 0 saturated heterocycles. The van der Waals surface area contributed by atoms with E-state index >= 15 is 0 Å². The lowest BCUT2D eigenvalue weighted by Crippen LogP contribution is -2.42. The molecule has 0 radical (unpaired) electrons. The van der Waals surface area contributed by atoms with Crippen molar-refractivity contribution < 1.29 is 23.5 Å². The summed E-state index contributed by atoms with van der Waals surface area (Å²) in [5, 5.41) is 11.3. The van der Waals surface area contributed by atoms with Gasteiger partial charge in [-0.1, -0.05) is 6.07 Å². The molecule has 7 heteroatoms. The first-order chi connectivity index (χ1) is 9.97. The van der Waals surface area contributed by atoms with Gasteiger partial charge in [-0.2, -0.15) is 0 Å². The van der Waals surface area contributed by atoms with Crippen LogP contribution in [-0.4, -0.2) is 34.6 Å². The highest BCUT2D eigenvalue weighted by molar-refractivity contribution is 5.76. The summed E-state index contributed by atoms with van der Waals surface area (Å²) in [6.45, 7) is 0.204. The lowest BCUT2D eigenvalue weighted by molar-refractivity contribution is -0.137. The van der Waals surface area contributed by atoms with Crippen molar-refractivity contribution in [1.82, 2.24) is 10.2 Å². The molecule has 1 aromatic rings. The minimum absolute atomic E-state index is 0.0618. The minimum atomic E-state index is -0.966. The van der Waals surface area contributed by atoms with Gasteiger partial charge < -0.3 is 15.3 Å². The van der Waals surface area contributed by atoms with Gasteiger partial charge in [0, 0.05) is 19.1 Å². The quantitative estimate of drug-likeness (QED) is 0.845. The van der Waals surface area contributed by atoms with Gasteiger partial charge in [-0.25, -0.2) is 13.6 Å². The SMILES string of the molecule is O=C(O)CCN(C(=O)NCc1ccc(F)c(F)c1)C1CC1. The molecular formula is C14H16F2N2O3. The van der Waals surface area contributed by atoms with Crippen molar-refractivity contribution in [2.45, 2.75) is 31.8 Å². The normalized spacial score (nSPS) is 13.8. The van der Waals surface area contributed by atoms with Gasteiger partial charge >= 0.3 is 12.0 Å². The summed E-state index contributed by atoms with van der Waals surface area (Å²) in [5.41, 5.74) is 0.441. The highest BCUT2D eigenvalue weighted by atomic mass is 19.2. The van der Waals surface area contributed by atoms with E-state index < -0.39 is 17.6 Å². The number of hydrogen-bond donors (Lipinski definition) is 2. The van der Waals surface area contributed by atoms with Gasteiger partial charge in [0.2, 0.25) is 0 Å². The third-order valence-electron chi connectivity index (χ3n) is 3.24. The summed E-state index contributed by atoms with van der Waals surface area (Å²) < 4.78 is 25.8. The summed E-state index contributed by atoms with van der Waals surface area (Å²) >= 11 is 0. The number of nitrogens with zero attached hydrogens (tertiary/aromatic N) is 1. The molecule has 21 heavy (non-hydrogen) atoms. The van der Waals surface area contributed by atoms with Crippen LogP contribution in [0.15, 0.2) is 18.2 Å². The maximum absolute atomic E-state index is 13.0. The third-order valence-corrected chi connectivity index (χ3v) is 3.24. The van der Waals surface area contributed by atoms with E-state index in [1.807, 2.05) is 0 Å². The lowest BCUT2D eigenvalue weighted by atomic mass is 10.2. The molecule has 0 bridgehead atoms. The zero-order valence-electron chi connectivity index (χ0n) is 11.3. The van der Waals surface area contributed by atoms with E-state index in [9.17, 15) is 18.4 Å². The Labute approximate surface area is 120 Å². The molecule has 1 aliphatic carbocycles. The number of carbonyl (C=O) groups excluding carboxylic acids is 1. The summed E-state index contributed by atoms with van der Waals surface area (Å²) in [5.74, 6) is -2.87. The summed E-state index contributed by atoms with van der Waals surface area (Å²) in [6.07, 6.45) is 1.60. The van der Waals surface area contributed by atoms with Crippen LogP contribution in [0.4, 0.5) is 13.6 Å². The van der Waals surface area contributed by atoms with Crippen molar-refractivity contribution in [3.8, 4) is 0 Å². The van der Waals surface area contributed by atoms with Crippen molar-refractivity contribution in [2.75, 3.05) is 6.54 Å². The van der Waals surface area contributed by atoms with Gasteiger partial charge in [0.05, 0.1) is 6.42 Å². The van der Waals surface area contributed by atoms with Crippen LogP contribution in [0.25, 0.3) is 0 Å². The second-order valence-electron chi connectivity index (χ2n) is 4.98. The number of nitrogens with one attached hydrogen (secondary N) is 1. The van der Waals surface area contributed by atoms with Crippen LogP contribution < -0.4 is 5.32 Å². The van der Waals surface area contributed by atoms with Gasteiger partial charge in [-0.3, -0.25) is 4.79 Å². The van der Waals surface area contributed by atoms with Crippen LogP contribution in [-0.2, 0) is 11.3 Å². The first-order valence-electron chi connectivity index (χ1n) is 6.67. The highest BCUT2D eigenvalue weighted by Crippen LogP contribution is 2.27. The molecule has 0 spiro atoms. The number of aliphatic carboxylic acids is 1. The standard InChI is InChI=1S/C14H16F2N2O3/c15-11-4-1-9(7-12(11)16)8-17-14(21)18(10-2-3-10)6-5-13(19)20/h1,4,7,10H,2-3,5-6,8H2,(H,17,21)(H,19,20). The molecule has 0 unspecified atom stereocenters. The fourth-order valence-electron chi connectivity index (χ4n) is 1.98. The summed E-state index contributed by atoms with van der Waals surface area (Å²) in [4.78, 5) is 24.1. The zero-order chi connectivity index (χ0) is 15.4. The smallest absolute Gasteiger partial charge is 0.317 e. The van der Waals surface area contributed by atoms with Gasteiger partial charge in [0.1, 0.15) is 0 Å². The first-order valence-corrected chi connectivity index (χ1v) is 6.67. The number of urea groups is 1. The molecule has 0 aliphatic heterocycles. The molecule has 5 nitrogen and oxygen atoms in total. The molecule has 1 saturated carbocycles. The van der Waals surface area contributed by atoms with Crippen LogP contribution in [0.2, 0.25) is 0 Å². The predicted molar refractivity (Wildman–Crippen MR) is 70.6 cm³/mol. The Morgan fingerprint density at radius 3 is 2.57 bits per heavy atom. The average Bonchev–Trinajstić information content (AvgIpc) is 3.24. The largest absolute Gasteiger partial charge is 0.481 e. The van der Waals surface area contributed by atoms with Crippen LogP contribution in [0.5, 0.6) is 0 Å². The number of amides is 2. The van der Waals surface area contributed by atoms with Crippen LogP contribution in [0, 0.1) is 11.6 Å². The number of carbonyl (C=O) groups is 2. The Kier molecular flexibility index (Phi) is 4.72. The number of hydrogen-bond acceptors (Lipinski definition) is 2. The maximum Gasteiger partial charge on any atom is 0.317 e. The average molecular weight is 298 g/mol. The van der Waals surface area contributed by atoms with Crippen molar-refractivity contribution in [3.63, 3.8) is 0 Å². The third kappa shape index (κ3) is 4.40. The van der Waals surface area contributed by atoms with E-state index in [1.165, 1.54) is 11.0 Å². The zero-order valence-corrected chi connectivity index (χ0v) is 11.3. The topological polar surface area (TPSA) is 69.6 Å². The number of halogens is 2. The van der Waals surface area contributed by atoms with Gasteiger partial charge in [0.25, 0.3) is 0 Å². The van der Waals surface area contributed by atoms with E-state index in [2.05, 4.69) is 5.32 Å². The van der Waals surface area contributed by atoms with E-state index in [-0.39, 0.29) is 31.6 Å². The maximum atomic E-state index is 13.0. The highest BCUT2D eigenvalue weighted by Gasteiger charge is 2.32. The van der Waals surface area contributed by atoms with Crippen LogP contribution in [0.3, 0.4) is 0 Å². The minimum Gasteiger partial charge on any atom is -0.481 e. The molecule has 1 fully saturated rings. The van der Waals surface area contributed by atoms with Gasteiger partial charge in [0.15, 0.2) is 11.6 Å². The molecule has 2 amide bonds. The van der Waals surface area contributed by atoms with Crippen molar-refractivity contribution >= 4 is 12.0 Å². The van der Waals surface area contributed by atoms with E-state index in [0.717, 1.165) is 25.0 Å². The van der Waals surface area contributed by atoms with E-state index in [4.69, 9.17) is 5.11 Å². The second kappa shape index (κ2) is 6.51. The van der Waals surface area contributed by atoms with Crippen LogP contribution in [0.1, 0.15) is 24.8 Å². The molecular weight excluding hydrogens is 282 g/mol. The lowest BCUT2D eigenvalue weighted by Gasteiger charge is -2.22. The predicted octanol–water partition coefficient (Wildman–Crippen LogP) is 2.11. The van der Waals surface area contributed by atoms with Crippen molar-refractivity contribution in [1.29, 1.82) is 0 Å². The first kappa shape index (κ1) is 15.2. The second-order valence-corrected chi connectivity index (χ2v) is 4.98.